The van der Waals surface area contributed by atoms with E-state index in [2.05, 4.69) is 36.1 Å². The van der Waals surface area contributed by atoms with Crippen LogP contribution in [0.4, 0.5) is 5.69 Å². The van der Waals surface area contributed by atoms with E-state index in [0.717, 1.165) is 0 Å². The lowest BCUT2D eigenvalue weighted by Crippen LogP contribution is -2.15. The highest BCUT2D eigenvalue weighted by Gasteiger charge is 2.14. The minimum Gasteiger partial charge on any atom is -0.465 e. The molecule has 1 amide bonds. The lowest BCUT2D eigenvalue weighted by molar-refractivity contribution is -0.113. The van der Waals surface area contributed by atoms with Gasteiger partial charge in [0.25, 0.3) is 0 Å². The first-order valence-electron chi connectivity index (χ1n) is 8.05. The van der Waals surface area contributed by atoms with E-state index in [1.165, 1.54) is 29.9 Å². The number of nitrogens with one attached hydrogen (secondary N) is 1. The fourth-order valence-electron chi connectivity index (χ4n) is 2.33. The van der Waals surface area contributed by atoms with Gasteiger partial charge in [-0.15, -0.1) is 0 Å². The molecule has 3 aromatic rings. The Balaban J connectivity index is 1.67. The first-order valence-corrected chi connectivity index (χ1v) is 10.6. The van der Waals surface area contributed by atoms with E-state index in [4.69, 9.17) is 23.2 Å². The van der Waals surface area contributed by atoms with E-state index in [0.29, 0.717) is 36.6 Å². The fraction of sp³-hybridized carbons (Fsp3) is 0.111. The zero-order valence-corrected chi connectivity index (χ0v) is 18.8. The van der Waals surface area contributed by atoms with Crippen molar-refractivity contribution in [3.8, 4) is 5.69 Å². The van der Waals surface area contributed by atoms with Crippen LogP contribution < -0.4 is 5.32 Å². The average molecular weight is 516 g/mol. The van der Waals surface area contributed by atoms with Crippen molar-refractivity contribution in [2.75, 3.05) is 18.2 Å². The maximum Gasteiger partial charge on any atom is 0.337 e. The number of halogens is 3. The number of benzene rings is 2. The predicted molar refractivity (Wildman–Crippen MR) is 116 cm³/mol. The van der Waals surface area contributed by atoms with Gasteiger partial charge >= 0.3 is 5.97 Å². The lowest BCUT2D eigenvalue weighted by atomic mass is 10.2. The maximum atomic E-state index is 12.3. The van der Waals surface area contributed by atoms with Gasteiger partial charge in [-0.25, -0.2) is 14.5 Å². The number of hydrogen-bond acceptors (Lipinski definition) is 6. The first-order chi connectivity index (χ1) is 13.9. The van der Waals surface area contributed by atoms with Gasteiger partial charge in [-0.3, -0.25) is 4.79 Å². The van der Waals surface area contributed by atoms with Crippen molar-refractivity contribution in [2.45, 2.75) is 5.16 Å². The summed E-state index contributed by atoms with van der Waals surface area (Å²) < 4.78 is 6.78. The monoisotopic (exact) mass is 514 g/mol. The van der Waals surface area contributed by atoms with Crippen LogP contribution in [0, 0.1) is 0 Å². The molecule has 0 saturated carbocycles. The molecule has 2 aromatic carbocycles. The van der Waals surface area contributed by atoms with Gasteiger partial charge in [-0.05, 0) is 52.3 Å². The van der Waals surface area contributed by atoms with Crippen LogP contribution in [0.2, 0.25) is 10.0 Å². The third kappa shape index (κ3) is 5.30. The van der Waals surface area contributed by atoms with Crippen LogP contribution in [0.5, 0.6) is 0 Å². The number of hydrogen-bond donors (Lipinski definition) is 1. The summed E-state index contributed by atoms with van der Waals surface area (Å²) in [6, 6.07) is 9.79. The second kappa shape index (κ2) is 9.62. The maximum absolute atomic E-state index is 12.3. The molecule has 0 atom stereocenters. The highest BCUT2D eigenvalue weighted by molar-refractivity contribution is 9.10. The van der Waals surface area contributed by atoms with Crippen LogP contribution in [-0.4, -0.2) is 39.5 Å². The van der Waals surface area contributed by atoms with Crippen LogP contribution in [0.3, 0.4) is 0 Å². The van der Waals surface area contributed by atoms with Crippen LogP contribution in [0.1, 0.15) is 10.4 Å². The van der Waals surface area contributed by atoms with Gasteiger partial charge in [-0.2, -0.15) is 5.10 Å². The average Bonchev–Trinajstić information content (AvgIpc) is 3.15. The molecule has 11 heteroatoms. The van der Waals surface area contributed by atoms with E-state index < -0.39 is 5.97 Å². The lowest BCUT2D eigenvalue weighted by Gasteiger charge is -2.10. The van der Waals surface area contributed by atoms with E-state index in [9.17, 15) is 9.59 Å². The third-order valence-electron chi connectivity index (χ3n) is 3.65. The molecule has 0 aliphatic heterocycles. The molecule has 0 unspecified atom stereocenters. The molecule has 0 aliphatic rings. The molecule has 0 spiro atoms. The summed E-state index contributed by atoms with van der Waals surface area (Å²) in [5.74, 6) is -0.618. The SMILES string of the molecule is COC(=O)c1ccc(NC(=O)CSc2ncnn2-c2ccc(Cl)cc2Cl)c(Br)c1. The number of amides is 1. The Morgan fingerprint density at radius 3 is 2.72 bits per heavy atom. The summed E-state index contributed by atoms with van der Waals surface area (Å²) in [6.07, 6.45) is 1.38. The number of ether oxygens (including phenoxy) is 1. The molecule has 1 N–H and O–H groups in total. The molecule has 150 valence electrons. The van der Waals surface area contributed by atoms with Gasteiger partial charge in [-0.1, -0.05) is 35.0 Å². The summed E-state index contributed by atoms with van der Waals surface area (Å²) in [7, 11) is 1.30. The summed E-state index contributed by atoms with van der Waals surface area (Å²) in [4.78, 5) is 28.1. The van der Waals surface area contributed by atoms with Crippen molar-refractivity contribution in [3.63, 3.8) is 0 Å². The number of carbonyl (C=O) groups is 2. The zero-order valence-electron chi connectivity index (χ0n) is 14.9. The van der Waals surface area contributed by atoms with Gasteiger partial charge in [0.2, 0.25) is 5.91 Å². The fourth-order valence-corrected chi connectivity index (χ4v) is 4.01. The minimum absolute atomic E-state index is 0.0924. The van der Waals surface area contributed by atoms with Crippen LogP contribution in [-0.2, 0) is 9.53 Å². The number of methoxy groups -OCH3 is 1. The topological polar surface area (TPSA) is 86.1 Å². The van der Waals surface area contributed by atoms with Gasteiger partial charge < -0.3 is 10.1 Å². The van der Waals surface area contributed by atoms with E-state index in [1.807, 2.05) is 0 Å². The number of anilines is 1. The Hall–Kier alpha value is -2.07. The van der Waals surface area contributed by atoms with Crippen molar-refractivity contribution in [3.05, 3.63) is 62.8 Å². The predicted octanol–water partition coefficient (Wildman–Crippen LogP) is 4.85. The van der Waals surface area contributed by atoms with Crippen molar-refractivity contribution in [2.24, 2.45) is 0 Å². The van der Waals surface area contributed by atoms with E-state index in [1.54, 1.807) is 36.4 Å². The Bertz CT molecular complexity index is 1080. The molecule has 0 fully saturated rings. The number of esters is 1. The van der Waals surface area contributed by atoms with E-state index in [-0.39, 0.29) is 11.7 Å². The van der Waals surface area contributed by atoms with Gasteiger partial charge in [0, 0.05) is 9.50 Å². The summed E-state index contributed by atoms with van der Waals surface area (Å²) in [5.41, 5.74) is 1.52. The standard InChI is InChI=1S/C18H13BrCl2N4O3S/c1-28-17(27)10-2-4-14(12(19)6-10)24-16(26)8-29-18-22-9-23-25(18)15-5-3-11(20)7-13(15)21/h2-7,9H,8H2,1H3,(H,24,26). The molecule has 3 rings (SSSR count). The first kappa shape index (κ1) is 21.6. The van der Waals surface area contributed by atoms with Crippen LogP contribution in [0.15, 0.2) is 52.4 Å². The Morgan fingerprint density at radius 2 is 2.03 bits per heavy atom. The molecule has 0 radical (unpaired) electrons. The Labute approximate surface area is 188 Å². The van der Waals surface area contributed by atoms with Crippen molar-refractivity contribution >= 4 is 68.5 Å². The highest BCUT2D eigenvalue weighted by Crippen LogP contribution is 2.28. The minimum atomic E-state index is -0.459. The molecule has 0 bridgehead atoms. The second-order valence-electron chi connectivity index (χ2n) is 5.57. The Morgan fingerprint density at radius 1 is 1.24 bits per heavy atom. The van der Waals surface area contributed by atoms with Crippen LogP contribution >= 0.6 is 50.9 Å². The van der Waals surface area contributed by atoms with Gasteiger partial charge in [0.05, 0.1) is 34.8 Å². The molecule has 0 aliphatic carbocycles. The Kier molecular flexibility index (Phi) is 7.18. The molecule has 29 heavy (non-hydrogen) atoms. The smallest absolute Gasteiger partial charge is 0.337 e. The number of rotatable bonds is 6. The molecule has 7 nitrogen and oxygen atoms in total. The van der Waals surface area contributed by atoms with Crippen molar-refractivity contribution in [1.82, 2.24) is 14.8 Å². The highest BCUT2D eigenvalue weighted by atomic mass is 79.9. The van der Waals surface area contributed by atoms with E-state index >= 15 is 0 Å². The zero-order chi connectivity index (χ0) is 21.0. The normalized spacial score (nSPS) is 10.6. The molecule has 1 heterocycles. The largest absolute Gasteiger partial charge is 0.465 e. The second-order valence-corrected chi connectivity index (χ2v) is 8.21. The van der Waals surface area contributed by atoms with Crippen LogP contribution in [0.25, 0.3) is 5.69 Å². The quantitative estimate of drug-likeness (QED) is 0.373. The summed E-state index contributed by atoms with van der Waals surface area (Å²) >= 11 is 16.7. The number of carbonyl (C=O) groups excluding carboxylic acids is 2. The summed E-state index contributed by atoms with van der Waals surface area (Å²) in [6.45, 7) is 0. The van der Waals surface area contributed by atoms with Gasteiger partial charge in [0.1, 0.15) is 6.33 Å². The summed E-state index contributed by atoms with van der Waals surface area (Å²) in [5, 5.41) is 8.37. The number of thioether (sulfide) groups is 1. The third-order valence-corrected chi connectivity index (χ3v) is 5.79. The van der Waals surface area contributed by atoms with Crippen molar-refractivity contribution in [1.29, 1.82) is 0 Å². The van der Waals surface area contributed by atoms with Gasteiger partial charge in [0.15, 0.2) is 5.16 Å². The number of nitrogens with zero attached hydrogens (tertiary/aromatic N) is 3. The molecule has 0 saturated heterocycles. The van der Waals surface area contributed by atoms with Crippen molar-refractivity contribution < 1.29 is 14.3 Å². The molecule has 1 aromatic heterocycles. The molecular formula is C18H13BrCl2N4O3S. The number of aromatic nitrogens is 3. The molecular weight excluding hydrogens is 503 g/mol.